The maximum absolute atomic E-state index is 12.0. The van der Waals surface area contributed by atoms with Crippen molar-refractivity contribution >= 4 is 46.2 Å². The molecule has 0 aromatic heterocycles. The van der Waals surface area contributed by atoms with Crippen molar-refractivity contribution in [1.82, 2.24) is 0 Å². The molecule has 0 aliphatic carbocycles. The fraction of sp³-hybridized carbons (Fsp3) is 0.133. The van der Waals surface area contributed by atoms with Crippen molar-refractivity contribution in [3.8, 4) is 0 Å². The van der Waals surface area contributed by atoms with Crippen molar-refractivity contribution in [3.63, 3.8) is 0 Å². The van der Waals surface area contributed by atoms with Crippen molar-refractivity contribution in [2.75, 3.05) is 29.5 Å². The van der Waals surface area contributed by atoms with E-state index in [1.165, 1.54) is 0 Å². The van der Waals surface area contributed by atoms with Gasteiger partial charge < -0.3 is 16.0 Å². The Morgan fingerprint density at radius 2 is 1.90 bits per heavy atom. The summed E-state index contributed by atoms with van der Waals surface area (Å²) in [6.45, 7) is 0.150. The first-order chi connectivity index (χ1) is 9.95. The molecule has 0 fully saturated rings. The topological polar surface area (TPSA) is 58.4 Å². The zero-order chi connectivity index (χ0) is 15.4. The van der Waals surface area contributed by atoms with E-state index in [1.807, 2.05) is 0 Å². The number of carbonyl (C=O) groups is 1. The zero-order valence-corrected chi connectivity index (χ0v) is 12.9. The van der Waals surface area contributed by atoms with E-state index in [1.54, 1.807) is 54.4 Å². The highest BCUT2D eigenvalue weighted by molar-refractivity contribution is 6.31. The van der Waals surface area contributed by atoms with E-state index in [2.05, 4.69) is 5.32 Å². The largest absolute Gasteiger partial charge is 0.397 e. The van der Waals surface area contributed by atoms with Crippen molar-refractivity contribution in [2.24, 2.45) is 0 Å². The molecule has 21 heavy (non-hydrogen) atoms. The lowest BCUT2D eigenvalue weighted by Gasteiger charge is -2.20. The maximum Gasteiger partial charge on any atom is 0.243 e. The number of nitrogens with two attached hydrogens (primary N) is 1. The molecule has 2 aromatic rings. The quantitative estimate of drug-likeness (QED) is 0.844. The molecule has 110 valence electrons. The molecule has 6 heteroatoms. The van der Waals surface area contributed by atoms with Gasteiger partial charge in [0, 0.05) is 22.8 Å². The number of halogens is 2. The van der Waals surface area contributed by atoms with Gasteiger partial charge in [0.2, 0.25) is 5.91 Å². The third-order valence-corrected chi connectivity index (χ3v) is 3.36. The van der Waals surface area contributed by atoms with Gasteiger partial charge in [-0.25, -0.2) is 0 Å². The first-order valence-corrected chi connectivity index (χ1v) is 7.03. The molecule has 0 heterocycles. The van der Waals surface area contributed by atoms with Crippen molar-refractivity contribution in [3.05, 3.63) is 52.5 Å². The summed E-state index contributed by atoms with van der Waals surface area (Å²) in [6, 6.07) is 12.1. The van der Waals surface area contributed by atoms with E-state index in [-0.39, 0.29) is 12.5 Å². The van der Waals surface area contributed by atoms with E-state index in [0.717, 1.165) is 0 Å². The summed E-state index contributed by atoms with van der Waals surface area (Å²) in [4.78, 5) is 13.8. The van der Waals surface area contributed by atoms with Gasteiger partial charge in [0.15, 0.2) is 0 Å². The maximum atomic E-state index is 12.0. The fourth-order valence-corrected chi connectivity index (χ4v) is 2.27. The number of hydrogen-bond acceptors (Lipinski definition) is 3. The van der Waals surface area contributed by atoms with E-state index in [0.29, 0.717) is 27.1 Å². The monoisotopic (exact) mass is 323 g/mol. The summed E-state index contributed by atoms with van der Waals surface area (Å²) in [6.07, 6.45) is 0. The summed E-state index contributed by atoms with van der Waals surface area (Å²) >= 11 is 11.8. The van der Waals surface area contributed by atoms with Crippen molar-refractivity contribution in [2.45, 2.75) is 0 Å². The molecule has 3 N–H and O–H groups in total. The number of carbonyl (C=O) groups excluding carboxylic acids is 1. The van der Waals surface area contributed by atoms with E-state index >= 15 is 0 Å². The summed E-state index contributed by atoms with van der Waals surface area (Å²) in [5.74, 6) is -0.167. The Balaban J connectivity index is 2.03. The molecule has 0 saturated carbocycles. The average molecular weight is 324 g/mol. The Hall–Kier alpha value is -1.91. The molecule has 1 amide bonds. The predicted octanol–water partition coefficient (Wildman–Crippen LogP) is 3.65. The summed E-state index contributed by atoms with van der Waals surface area (Å²) in [5.41, 5.74) is 7.82. The van der Waals surface area contributed by atoms with Crippen molar-refractivity contribution < 1.29 is 4.79 Å². The Bertz CT molecular complexity index is 661. The summed E-state index contributed by atoms with van der Waals surface area (Å²) in [7, 11) is 1.78. The number of nitrogens with one attached hydrogen (secondary N) is 1. The molecule has 0 unspecified atom stereocenters. The van der Waals surface area contributed by atoms with Gasteiger partial charge in [-0.1, -0.05) is 29.3 Å². The lowest BCUT2D eigenvalue weighted by molar-refractivity contribution is -0.114. The van der Waals surface area contributed by atoms with Gasteiger partial charge in [-0.05, 0) is 36.4 Å². The van der Waals surface area contributed by atoms with Crippen LogP contribution < -0.4 is 16.0 Å². The minimum atomic E-state index is -0.167. The number of nitrogens with zero attached hydrogens (tertiary/aromatic N) is 1. The average Bonchev–Trinajstić information content (AvgIpc) is 2.41. The molecular formula is C15H15Cl2N3O. The Morgan fingerprint density at radius 1 is 1.19 bits per heavy atom. The number of rotatable bonds is 4. The van der Waals surface area contributed by atoms with Crippen LogP contribution in [-0.4, -0.2) is 19.5 Å². The molecule has 0 spiro atoms. The highest BCUT2D eigenvalue weighted by atomic mass is 35.5. The first-order valence-electron chi connectivity index (χ1n) is 6.27. The minimum absolute atomic E-state index is 0.150. The SMILES string of the molecule is CN(CC(=O)Nc1cccc(Cl)c1)c1cc(Cl)ccc1N. The smallest absolute Gasteiger partial charge is 0.243 e. The van der Waals surface area contributed by atoms with E-state index in [9.17, 15) is 4.79 Å². The number of anilines is 3. The van der Waals surface area contributed by atoms with Gasteiger partial charge >= 0.3 is 0 Å². The molecule has 2 aromatic carbocycles. The van der Waals surface area contributed by atoms with Crippen LogP contribution in [0.1, 0.15) is 0 Å². The van der Waals surface area contributed by atoms with Gasteiger partial charge in [-0.15, -0.1) is 0 Å². The van der Waals surface area contributed by atoms with Crippen LogP contribution >= 0.6 is 23.2 Å². The second-order valence-corrected chi connectivity index (χ2v) is 5.49. The van der Waals surface area contributed by atoms with E-state index < -0.39 is 0 Å². The molecule has 0 aliphatic rings. The molecule has 0 bridgehead atoms. The van der Waals surface area contributed by atoms with Crippen molar-refractivity contribution in [1.29, 1.82) is 0 Å². The Kier molecular flexibility index (Phi) is 4.94. The number of benzene rings is 2. The minimum Gasteiger partial charge on any atom is -0.397 e. The third-order valence-electron chi connectivity index (χ3n) is 2.89. The van der Waals surface area contributed by atoms with Crippen LogP contribution in [0.3, 0.4) is 0 Å². The second kappa shape index (κ2) is 6.70. The van der Waals surface area contributed by atoms with Crippen LogP contribution in [0.2, 0.25) is 10.0 Å². The number of likely N-dealkylation sites (N-methyl/N-ethyl adjacent to an activating group) is 1. The van der Waals surface area contributed by atoms with Crippen LogP contribution in [0.15, 0.2) is 42.5 Å². The first kappa shape index (κ1) is 15.5. The Morgan fingerprint density at radius 3 is 2.62 bits per heavy atom. The lowest BCUT2D eigenvalue weighted by atomic mass is 10.2. The molecule has 4 nitrogen and oxygen atoms in total. The highest BCUT2D eigenvalue weighted by Gasteiger charge is 2.11. The number of nitrogen functional groups attached to an aromatic ring is 1. The molecule has 0 radical (unpaired) electrons. The van der Waals surface area contributed by atoms with Crippen LogP contribution in [0.25, 0.3) is 0 Å². The summed E-state index contributed by atoms with van der Waals surface area (Å²) in [5, 5.41) is 3.92. The molecule has 0 aliphatic heterocycles. The molecular weight excluding hydrogens is 309 g/mol. The fourth-order valence-electron chi connectivity index (χ4n) is 1.91. The molecule has 0 atom stereocenters. The normalized spacial score (nSPS) is 10.2. The number of hydrogen-bond donors (Lipinski definition) is 2. The lowest BCUT2D eigenvalue weighted by Crippen LogP contribution is -2.30. The van der Waals surface area contributed by atoms with Crippen LogP contribution in [0.5, 0.6) is 0 Å². The highest BCUT2D eigenvalue weighted by Crippen LogP contribution is 2.26. The van der Waals surface area contributed by atoms with Gasteiger partial charge in [0.25, 0.3) is 0 Å². The van der Waals surface area contributed by atoms with Crippen LogP contribution in [-0.2, 0) is 4.79 Å². The molecule has 2 rings (SSSR count). The Labute approximate surface area is 133 Å². The number of amides is 1. The van der Waals surface area contributed by atoms with Gasteiger partial charge in [-0.2, -0.15) is 0 Å². The summed E-state index contributed by atoms with van der Waals surface area (Å²) < 4.78 is 0. The predicted molar refractivity (Wildman–Crippen MR) is 89.2 cm³/mol. The van der Waals surface area contributed by atoms with Gasteiger partial charge in [0.05, 0.1) is 17.9 Å². The van der Waals surface area contributed by atoms with Crippen LogP contribution in [0.4, 0.5) is 17.1 Å². The standard InChI is InChI=1S/C15H15Cl2N3O/c1-20(14-8-11(17)5-6-13(14)18)9-15(21)19-12-4-2-3-10(16)7-12/h2-8H,9,18H2,1H3,(H,19,21). The second-order valence-electron chi connectivity index (χ2n) is 4.62. The third kappa shape index (κ3) is 4.28. The van der Waals surface area contributed by atoms with Gasteiger partial charge in [0.1, 0.15) is 0 Å². The van der Waals surface area contributed by atoms with Gasteiger partial charge in [-0.3, -0.25) is 4.79 Å². The van der Waals surface area contributed by atoms with E-state index in [4.69, 9.17) is 28.9 Å². The zero-order valence-electron chi connectivity index (χ0n) is 11.4. The molecule has 0 saturated heterocycles. The van der Waals surface area contributed by atoms with Crippen LogP contribution in [0, 0.1) is 0 Å².